The van der Waals surface area contributed by atoms with Gasteiger partial charge in [0.25, 0.3) is 0 Å². The molecule has 1 aromatic rings. The van der Waals surface area contributed by atoms with Crippen LogP contribution in [-0.4, -0.2) is 37.6 Å². The Kier molecular flexibility index (Phi) is 4.48. The SMILES string of the molecule is COCC(=O)N1CCc2cc(Cl)cc(C3CCCN3)c2C1. The van der Waals surface area contributed by atoms with Gasteiger partial charge in [-0.2, -0.15) is 0 Å². The van der Waals surface area contributed by atoms with Gasteiger partial charge in [-0.05, 0) is 54.6 Å². The average molecular weight is 309 g/mol. The molecule has 2 heterocycles. The highest BCUT2D eigenvalue weighted by Crippen LogP contribution is 2.33. The van der Waals surface area contributed by atoms with E-state index in [0.29, 0.717) is 12.6 Å². The largest absolute Gasteiger partial charge is 0.375 e. The van der Waals surface area contributed by atoms with Gasteiger partial charge in [0.15, 0.2) is 0 Å². The number of carbonyl (C=O) groups excluding carboxylic acids is 1. The fourth-order valence-corrected chi connectivity index (χ4v) is 3.60. The number of benzene rings is 1. The molecular weight excluding hydrogens is 288 g/mol. The number of nitrogens with one attached hydrogen (secondary N) is 1. The van der Waals surface area contributed by atoms with E-state index in [-0.39, 0.29) is 12.5 Å². The highest BCUT2D eigenvalue weighted by atomic mass is 35.5. The van der Waals surface area contributed by atoms with Crippen LogP contribution in [0, 0.1) is 0 Å². The first kappa shape index (κ1) is 14.8. The molecular formula is C16H21ClN2O2. The summed E-state index contributed by atoms with van der Waals surface area (Å²) in [5.74, 6) is 0.0587. The topological polar surface area (TPSA) is 41.6 Å². The second-order valence-electron chi connectivity index (χ2n) is 5.78. The summed E-state index contributed by atoms with van der Waals surface area (Å²) in [4.78, 5) is 14.0. The first-order valence-electron chi connectivity index (χ1n) is 7.50. The van der Waals surface area contributed by atoms with Crippen LogP contribution >= 0.6 is 11.6 Å². The lowest BCUT2D eigenvalue weighted by Gasteiger charge is -2.31. The van der Waals surface area contributed by atoms with Gasteiger partial charge < -0.3 is 15.0 Å². The van der Waals surface area contributed by atoms with E-state index < -0.39 is 0 Å². The summed E-state index contributed by atoms with van der Waals surface area (Å²) in [7, 11) is 1.56. The Morgan fingerprint density at radius 1 is 1.52 bits per heavy atom. The molecule has 0 bridgehead atoms. The Morgan fingerprint density at radius 3 is 3.10 bits per heavy atom. The third kappa shape index (κ3) is 3.07. The zero-order valence-corrected chi connectivity index (χ0v) is 13.1. The lowest BCUT2D eigenvalue weighted by atomic mass is 9.90. The number of nitrogens with zero attached hydrogens (tertiary/aromatic N) is 1. The standard InChI is InChI=1S/C16H21ClN2O2/c1-21-10-16(20)19-6-4-11-7-12(17)8-13(14(11)9-19)15-3-2-5-18-15/h7-8,15,18H,2-6,9-10H2,1H3. The molecule has 0 radical (unpaired) electrons. The number of rotatable bonds is 3. The molecule has 1 atom stereocenters. The van der Waals surface area contributed by atoms with E-state index in [9.17, 15) is 4.79 Å². The zero-order chi connectivity index (χ0) is 14.8. The molecule has 1 N–H and O–H groups in total. The van der Waals surface area contributed by atoms with Crippen molar-refractivity contribution in [3.8, 4) is 0 Å². The molecule has 1 saturated heterocycles. The van der Waals surface area contributed by atoms with Crippen LogP contribution in [0.1, 0.15) is 35.6 Å². The van der Waals surface area contributed by atoms with Crippen molar-refractivity contribution < 1.29 is 9.53 Å². The van der Waals surface area contributed by atoms with Crippen molar-refractivity contribution in [2.75, 3.05) is 26.8 Å². The number of halogens is 1. The van der Waals surface area contributed by atoms with E-state index >= 15 is 0 Å². The second-order valence-corrected chi connectivity index (χ2v) is 6.22. The van der Waals surface area contributed by atoms with Crippen LogP contribution in [0.2, 0.25) is 5.02 Å². The minimum atomic E-state index is 0.0587. The molecule has 0 saturated carbocycles. The normalized spacial score (nSPS) is 21.4. The summed E-state index contributed by atoms with van der Waals surface area (Å²) in [6.07, 6.45) is 3.20. The number of methoxy groups -OCH3 is 1. The summed E-state index contributed by atoms with van der Waals surface area (Å²) in [5, 5.41) is 4.33. The van der Waals surface area contributed by atoms with E-state index in [1.54, 1.807) is 7.11 Å². The molecule has 0 aliphatic carbocycles. The molecule has 114 valence electrons. The average Bonchev–Trinajstić information content (AvgIpc) is 3.00. The predicted molar refractivity (Wildman–Crippen MR) is 82.4 cm³/mol. The first-order chi connectivity index (χ1) is 10.2. The Hall–Kier alpha value is -1.10. The fourth-order valence-electron chi connectivity index (χ4n) is 3.35. The quantitative estimate of drug-likeness (QED) is 0.931. The van der Waals surface area contributed by atoms with E-state index in [1.165, 1.54) is 23.1 Å². The van der Waals surface area contributed by atoms with Crippen molar-refractivity contribution >= 4 is 17.5 Å². The highest BCUT2D eigenvalue weighted by Gasteiger charge is 2.27. The molecule has 1 amide bonds. The molecule has 21 heavy (non-hydrogen) atoms. The molecule has 0 spiro atoms. The van der Waals surface area contributed by atoms with Crippen molar-refractivity contribution in [1.29, 1.82) is 0 Å². The second kappa shape index (κ2) is 6.34. The van der Waals surface area contributed by atoms with Crippen LogP contribution in [0.15, 0.2) is 12.1 Å². The predicted octanol–water partition coefficient (Wildman–Crippen LogP) is 2.30. The maximum absolute atomic E-state index is 12.1. The third-order valence-corrected chi connectivity index (χ3v) is 4.62. The zero-order valence-electron chi connectivity index (χ0n) is 12.3. The number of hydrogen-bond acceptors (Lipinski definition) is 3. The number of hydrogen-bond donors (Lipinski definition) is 1. The lowest BCUT2D eigenvalue weighted by molar-refractivity contribution is -0.136. The Labute approximate surface area is 130 Å². The molecule has 2 aliphatic heterocycles. The van der Waals surface area contributed by atoms with Crippen LogP contribution in [0.25, 0.3) is 0 Å². The van der Waals surface area contributed by atoms with Crippen LogP contribution in [0.4, 0.5) is 0 Å². The summed E-state index contributed by atoms with van der Waals surface area (Å²) in [6.45, 7) is 2.62. The van der Waals surface area contributed by atoms with Gasteiger partial charge in [0.2, 0.25) is 5.91 Å². The summed E-state index contributed by atoms with van der Waals surface area (Å²) < 4.78 is 4.97. The van der Waals surface area contributed by atoms with Gasteiger partial charge in [0.1, 0.15) is 6.61 Å². The van der Waals surface area contributed by atoms with Gasteiger partial charge in [-0.15, -0.1) is 0 Å². The van der Waals surface area contributed by atoms with Gasteiger partial charge in [-0.1, -0.05) is 11.6 Å². The molecule has 3 rings (SSSR count). The van der Waals surface area contributed by atoms with E-state index in [0.717, 1.165) is 31.0 Å². The smallest absolute Gasteiger partial charge is 0.248 e. The van der Waals surface area contributed by atoms with Crippen molar-refractivity contribution in [3.05, 3.63) is 33.8 Å². The lowest BCUT2D eigenvalue weighted by Crippen LogP contribution is -2.38. The van der Waals surface area contributed by atoms with Gasteiger partial charge in [-0.25, -0.2) is 0 Å². The molecule has 2 aliphatic rings. The van der Waals surface area contributed by atoms with Gasteiger partial charge >= 0.3 is 0 Å². The first-order valence-corrected chi connectivity index (χ1v) is 7.88. The number of ether oxygens (including phenoxy) is 1. The van der Waals surface area contributed by atoms with Gasteiger partial charge in [-0.3, -0.25) is 4.79 Å². The van der Waals surface area contributed by atoms with Gasteiger partial charge in [0.05, 0.1) is 0 Å². The van der Waals surface area contributed by atoms with Crippen molar-refractivity contribution in [2.45, 2.75) is 31.8 Å². The maximum atomic E-state index is 12.1. The van der Waals surface area contributed by atoms with E-state index in [1.807, 2.05) is 11.0 Å². The van der Waals surface area contributed by atoms with E-state index in [4.69, 9.17) is 16.3 Å². The van der Waals surface area contributed by atoms with E-state index in [2.05, 4.69) is 11.4 Å². The van der Waals surface area contributed by atoms with Crippen LogP contribution < -0.4 is 5.32 Å². The van der Waals surface area contributed by atoms with Crippen LogP contribution in [0.5, 0.6) is 0 Å². The molecule has 0 aromatic heterocycles. The molecule has 1 aromatic carbocycles. The van der Waals surface area contributed by atoms with Crippen molar-refractivity contribution in [2.24, 2.45) is 0 Å². The molecule has 5 heteroatoms. The van der Waals surface area contributed by atoms with Crippen LogP contribution in [0.3, 0.4) is 0 Å². The van der Waals surface area contributed by atoms with Gasteiger partial charge in [0, 0.05) is 31.3 Å². The number of amides is 1. The minimum Gasteiger partial charge on any atom is -0.375 e. The Balaban J connectivity index is 1.90. The summed E-state index contributed by atoms with van der Waals surface area (Å²) in [6, 6.07) is 4.48. The van der Waals surface area contributed by atoms with Crippen molar-refractivity contribution in [3.63, 3.8) is 0 Å². The number of carbonyl (C=O) groups is 1. The highest BCUT2D eigenvalue weighted by molar-refractivity contribution is 6.30. The van der Waals surface area contributed by atoms with Crippen LogP contribution in [-0.2, 0) is 22.5 Å². The third-order valence-electron chi connectivity index (χ3n) is 4.40. The fraction of sp³-hybridized carbons (Fsp3) is 0.562. The Morgan fingerprint density at radius 2 is 2.38 bits per heavy atom. The summed E-state index contributed by atoms with van der Waals surface area (Å²) >= 11 is 6.28. The van der Waals surface area contributed by atoms with Crippen molar-refractivity contribution in [1.82, 2.24) is 10.2 Å². The monoisotopic (exact) mass is 308 g/mol. The molecule has 4 nitrogen and oxygen atoms in total. The maximum Gasteiger partial charge on any atom is 0.248 e. The Bertz CT molecular complexity index is 541. The molecule has 1 unspecified atom stereocenters. The molecule has 1 fully saturated rings. The summed E-state index contributed by atoms with van der Waals surface area (Å²) in [5.41, 5.74) is 3.83. The number of fused-ring (bicyclic) bond motifs is 1. The minimum absolute atomic E-state index is 0.0587.